The Kier molecular flexibility index (Phi) is 7.33. The van der Waals surface area contributed by atoms with Crippen molar-refractivity contribution in [3.8, 4) is 17.2 Å². The van der Waals surface area contributed by atoms with Crippen LogP contribution >= 0.6 is 23.1 Å². The second-order valence-corrected chi connectivity index (χ2v) is 12.0. The van der Waals surface area contributed by atoms with Crippen molar-refractivity contribution >= 4 is 45.7 Å². The smallest absolute Gasteiger partial charge is 0.301 e. The Hall–Kier alpha value is -4.42. The predicted molar refractivity (Wildman–Crippen MR) is 156 cm³/mol. The van der Waals surface area contributed by atoms with Gasteiger partial charge in [-0.25, -0.2) is 4.39 Å². The van der Waals surface area contributed by atoms with Gasteiger partial charge in [0.2, 0.25) is 5.13 Å². The molecule has 6 rings (SSSR count). The normalized spacial score (nSPS) is 19.2. The van der Waals surface area contributed by atoms with Crippen molar-refractivity contribution < 1.29 is 33.7 Å². The van der Waals surface area contributed by atoms with Crippen LogP contribution < -0.4 is 14.4 Å². The van der Waals surface area contributed by atoms with Crippen molar-refractivity contribution in [3.05, 3.63) is 94.3 Å². The number of hydrogen-bond donors (Lipinski definition) is 2. The Morgan fingerprint density at radius 3 is 2.76 bits per heavy atom. The lowest BCUT2D eigenvalue weighted by Crippen LogP contribution is -2.29. The minimum atomic E-state index is -1.10. The summed E-state index contributed by atoms with van der Waals surface area (Å²) in [7, 11) is 1.38. The van der Waals surface area contributed by atoms with Crippen LogP contribution in [0.25, 0.3) is 5.76 Å². The van der Waals surface area contributed by atoms with Crippen molar-refractivity contribution in [1.29, 1.82) is 0 Å². The molecular formula is C30H24FN3O6S2. The van der Waals surface area contributed by atoms with Crippen molar-refractivity contribution in [2.45, 2.75) is 35.6 Å². The molecule has 1 saturated heterocycles. The number of halogens is 1. The van der Waals surface area contributed by atoms with Crippen molar-refractivity contribution in [2.24, 2.45) is 0 Å². The van der Waals surface area contributed by atoms with Crippen LogP contribution in [0.4, 0.5) is 9.52 Å². The summed E-state index contributed by atoms with van der Waals surface area (Å²) in [5, 5.41) is 30.2. The fourth-order valence-corrected chi connectivity index (χ4v) is 6.90. The maximum Gasteiger partial charge on any atom is 0.301 e. The topological polar surface area (TPSA) is 122 Å². The van der Waals surface area contributed by atoms with Gasteiger partial charge in [-0.3, -0.25) is 14.5 Å². The molecule has 12 heteroatoms. The largest absolute Gasteiger partial charge is 0.507 e. The highest BCUT2D eigenvalue weighted by Crippen LogP contribution is 2.46. The lowest BCUT2D eigenvalue weighted by Gasteiger charge is -2.23. The van der Waals surface area contributed by atoms with Crippen LogP contribution in [-0.2, 0) is 21.8 Å². The Balaban J connectivity index is 1.42. The van der Waals surface area contributed by atoms with Crippen molar-refractivity contribution in [3.63, 3.8) is 0 Å². The van der Waals surface area contributed by atoms with Gasteiger partial charge in [-0.1, -0.05) is 47.4 Å². The molecule has 9 nitrogen and oxygen atoms in total. The van der Waals surface area contributed by atoms with Crippen LogP contribution in [0.1, 0.15) is 35.2 Å². The van der Waals surface area contributed by atoms with E-state index in [1.807, 2.05) is 6.92 Å². The van der Waals surface area contributed by atoms with E-state index in [9.17, 15) is 24.2 Å². The summed E-state index contributed by atoms with van der Waals surface area (Å²) in [6.45, 7) is 1.94. The van der Waals surface area contributed by atoms with Crippen molar-refractivity contribution in [2.75, 3.05) is 12.0 Å². The number of aromatic hydroxyl groups is 1. The van der Waals surface area contributed by atoms with Gasteiger partial charge in [0, 0.05) is 17.7 Å². The van der Waals surface area contributed by atoms with E-state index >= 15 is 0 Å². The van der Waals surface area contributed by atoms with Crippen molar-refractivity contribution in [1.82, 2.24) is 10.2 Å². The number of aliphatic hydroxyl groups excluding tert-OH is 1. The third-order valence-electron chi connectivity index (χ3n) is 7.04. The molecule has 2 aliphatic rings. The third kappa shape index (κ3) is 4.96. The number of nitrogens with zero attached hydrogens (tertiary/aromatic N) is 3. The van der Waals surface area contributed by atoms with E-state index in [1.54, 1.807) is 42.5 Å². The van der Waals surface area contributed by atoms with Crippen LogP contribution in [0.5, 0.6) is 17.2 Å². The van der Waals surface area contributed by atoms with Gasteiger partial charge < -0.3 is 19.7 Å². The number of fused-ring (bicyclic) bond motifs is 1. The number of ether oxygens (including phenoxy) is 2. The molecule has 2 unspecified atom stereocenters. The summed E-state index contributed by atoms with van der Waals surface area (Å²) in [5.41, 5.74) is 1.99. The molecule has 1 fully saturated rings. The fraction of sp³-hybridized carbons (Fsp3) is 0.200. The number of anilines is 1. The van der Waals surface area contributed by atoms with E-state index in [0.29, 0.717) is 39.0 Å². The molecule has 2 N–H and O–H groups in total. The molecule has 0 spiro atoms. The molecule has 2 aliphatic heterocycles. The maximum absolute atomic E-state index is 14.1. The van der Waals surface area contributed by atoms with Crippen LogP contribution in [0.3, 0.4) is 0 Å². The second kappa shape index (κ2) is 11.1. The highest BCUT2D eigenvalue weighted by molar-refractivity contribution is 8.00. The molecule has 1 aromatic heterocycles. The number of aliphatic hydroxyl groups is 1. The number of Topliss-reactive ketones (excluding diaryl/α,β-unsaturated/α-hetero) is 1. The van der Waals surface area contributed by atoms with E-state index in [1.165, 1.54) is 42.0 Å². The average molecular weight is 606 g/mol. The van der Waals surface area contributed by atoms with Gasteiger partial charge >= 0.3 is 5.91 Å². The SMILES string of the molecule is COc1cc(C2/C(=C(\O)c3ccc4c(c3)CC(C)O4)C(=O)C(=O)N2c2nnc(SCc3ccccc3F)s2)ccc1O. The van der Waals surface area contributed by atoms with E-state index in [4.69, 9.17) is 9.47 Å². The summed E-state index contributed by atoms with van der Waals surface area (Å²) in [4.78, 5) is 28.3. The zero-order chi connectivity index (χ0) is 29.5. The van der Waals surface area contributed by atoms with Gasteiger partial charge in [-0.15, -0.1) is 10.2 Å². The molecule has 0 saturated carbocycles. The quantitative estimate of drug-likeness (QED) is 0.0907. The number of phenolic OH excluding ortho intramolecular Hbond substituents is 1. The number of methoxy groups -OCH3 is 1. The van der Waals surface area contributed by atoms with E-state index < -0.39 is 17.7 Å². The zero-order valence-electron chi connectivity index (χ0n) is 22.4. The number of thioether (sulfide) groups is 1. The summed E-state index contributed by atoms with van der Waals surface area (Å²) in [5.74, 6) is -1.50. The van der Waals surface area contributed by atoms with Crippen LogP contribution in [0, 0.1) is 5.82 Å². The van der Waals surface area contributed by atoms with E-state index in [0.717, 1.165) is 16.9 Å². The first-order valence-corrected chi connectivity index (χ1v) is 14.7. The molecule has 42 heavy (non-hydrogen) atoms. The molecule has 0 bridgehead atoms. The number of carbonyl (C=O) groups is 2. The third-order valence-corrected chi connectivity index (χ3v) is 9.15. The number of rotatable bonds is 7. The van der Waals surface area contributed by atoms with E-state index in [-0.39, 0.29) is 39.9 Å². The molecule has 3 heterocycles. The van der Waals surface area contributed by atoms with E-state index in [2.05, 4.69) is 10.2 Å². The Morgan fingerprint density at radius 1 is 1.17 bits per heavy atom. The molecular weight excluding hydrogens is 581 g/mol. The van der Waals surface area contributed by atoms with Gasteiger partial charge in [0.1, 0.15) is 23.4 Å². The Morgan fingerprint density at radius 2 is 1.98 bits per heavy atom. The number of carbonyl (C=O) groups excluding carboxylic acids is 2. The van der Waals surface area contributed by atoms with Gasteiger partial charge in [-0.05, 0) is 60.0 Å². The summed E-state index contributed by atoms with van der Waals surface area (Å²) in [6, 6.07) is 14.8. The maximum atomic E-state index is 14.1. The van der Waals surface area contributed by atoms with Gasteiger partial charge in [0.15, 0.2) is 15.8 Å². The number of aromatic nitrogens is 2. The highest BCUT2D eigenvalue weighted by Gasteiger charge is 2.48. The number of amides is 1. The molecule has 2 atom stereocenters. The second-order valence-electron chi connectivity index (χ2n) is 9.79. The monoisotopic (exact) mass is 605 g/mol. The first-order valence-electron chi connectivity index (χ1n) is 12.9. The molecule has 0 radical (unpaired) electrons. The highest BCUT2D eigenvalue weighted by atomic mass is 32.2. The molecule has 214 valence electrons. The van der Waals surface area contributed by atoms with Crippen LogP contribution in [0.15, 0.2) is 70.6 Å². The molecule has 1 amide bonds. The van der Waals surface area contributed by atoms with Gasteiger partial charge in [0.25, 0.3) is 5.78 Å². The summed E-state index contributed by atoms with van der Waals surface area (Å²) < 4.78 is 25.6. The molecule has 0 aliphatic carbocycles. The average Bonchev–Trinajstić information content (AvgIpc) is 3.67. The summed E-state index contributed by atoms with van der Waals surface area (Å²) in [6.07, 6.45) is 0.622. The summed E-state index contributed by atoms with van der Waals surface area (Å²) >= 11 is 2.31. The lowest BCUT2D eigenvalue weighted by molar-refractivity contribution is -0.132. The van der Waals surface area contributed by atoms with Gasteiger partial charge in [0.05, 0.1) is 18.7 Å². The Labute approximate surface area is 248 Å². The fourth-order valence-electron chi connectivity index (χ4n) is 5.05. The number of ketones is 1. The molecule has 4 aromatic rings. The van der Waals surface area contributed by atoms with Crippen LogP contribution in [0.2, 0.25) is 0 Å². The predicted octanol–water partition coefficient (Wildman–Crippen LogP) is 5.63. The number of phenols is 1. The first kappa shape index (κ1) is 27.7. The minimum absolute atomic E-state index is 0.0183. The van der Waals surface area contributed by atoms with Gasteiger partial charge in [-0.2, -0.15) is 0 Å². The Bertz CT molecular complexity index is 1760. The molecule has 3 aromatic carbocycles. The number of hydrogen-bond acceptors (Lipinski definition) is 10. The standard InChI is InChI=1S/C30H24FN3O6S2/c1-15-11-19-12-17(8-10-22(19)40-15)26(36)24-25(16-7-9-21(35)23(13-16)39-2)34(28(38)27(24)37)29-32-33-30(42-29)41-14-18-5-3-4-6-20(18)31/h3-10,12-13,15,25,35-36H,11,14H2,1-2H3/b26-24+. The lowest BCUT2D eigenvalue weighted by atomic mass is 9.94. The number of benzene rings is 3. The minimum Gasteiger partial charge on any atom is -0.507 e. The first-order chi connectivity index (χ1) is 20.2. The zero-order valence-corrected chi connectivity index (χ0v) is 24.0. The van der Waals surface area contributed by atoms with Crippen LogP contribution in [-0.4, -0.2) is 45.3 Å².